The number of hydrogen-bond donors (Lipinski definition) is 3. The lowest BCUT2D eigenvalue weighted by atomic mass is 9.85. The van der Waals surface area contributed by atoms with Gasteiger partial charge in [0, 0.05) is 25.6 Å². The van der Waals surface area contributed by atoms with Crippen LogP contribution in [0.25, 0.3) is 0 Å². The van der Waals surface area contributed by atoms with Crippen molar-refractivity contribution in [1.82, 2.24) is 10.6 Å². The van der Waals surface area contributed by atoms with Crippen LogP contribution >= 0.6 is 0 Å². The van der Waals surface area contributed by atoms with Gasteiger partial charge in [-0.05, 0) is 19.3 Å². The monoisotopic (exact) mass is 238 g/mol. The zero-order chi connectivity index (χ0) is 12.5. The molecule has 0 aromatic carbocycles. The zero-order valence-corrected chi connectivity index (χ0v) is 10.2. The van der Waals surface area contributed by atoms with Gasteiger partial charge in [-0.1, -0.05) is 12.5 Å². The molecule has 17 heavy (non-hydrogen) atoms. The average molecular weight is 238 g/mol. The minimum Gasteiger partial charge on any atom is -0.370 e. The van der Waals surface area contributed by atoms with Gasteiger partial charge in [0.05, 0.1) is 0 Å². The van der Waals surface area contributed by atoms with Gasteiger partial charge < -0.3 is 16.4 Å². The first kappa shape index (κ1) is 13.5. The van der Waals surface area contributed by atoms with Crippen molar-refractivity contribution < 1.29 is 4.79 Å². The maximum atomic E-state index is 11.5. The molecule has 0 aromatic rings. The maximum absolute atomic E-state index is 11.5. The Bertz CT molecular complexity index is 284. The third kappa shape index (κ3) is 5.38. The summed E-state index contributed by atoms with van der Waals surface area (Å²) >= 11 is 0. The Morgan fingerprint density at radius 2 is 2.24 bits per heavy atom. The summed E-state index contributed by atoms with van der Waals surface area (Å²) in [5, 5.41) is 5.81. The van der Waals surface area contributed by atoms with Crippen molar-refractivity contribution in [3.63, 3.8) is 0 Å². The molecule has 0 atom stereocenters. The van der Waals surface area contributed by atoms with Gasteiger partial charge in [-0.15, -0.1) is 6.58 Å². The zero-order valence-electron chi connectivity index (χ0n) is 10.2. The van der Waals surface area contributed by atoms with Gasteiger partial charge in [0.25, 0.3) is 0 Å². The predicted octanol–water partition coefficient (Wildman–Crippen LogP) is 0.383. The minimum absolute atomic E-state index is 0.193. The second-order valence-corrected chi connectivity index (χ2v) is 4.21. The lowest BCUT2D eigenvalue weighted by Crippen LogP contribution is -2.35. The minimum atomic E-state index is 0.193. The number of guanidine groups is 1. The highest BCUT2D eigenvalue weighted by Gasteiger charge is 2.24. The van der Waals surface area contributed by atoms with Crippen LogP contribution in [-0.2, 0) is 4.79 Å². The number of rotatable bonds is 7. The maximum Gasteiger partial charge on any atom is 0.223 e. The summed E-state index contributed by atoms with van der Waals surface area (Å²) in [4.78, 5) is 15.6. The molecule has 1 fully saturated rings. The fraction of sp³-hybridized carbons (Fsp3) is 0.667. The van der Waals surface area contributed by atoms with Crippen molar-refractivity contribution >= 4 is 11.9 Å². The van der Waals surface area contributed by atoms with E-state index in [9.17, 15) is 4.79 Å². The molecule has 0 unspecified atom stereocenters. The van der Waals surface area contributed by atoms with Gasteiger partial charge >= 0.3 is 0 Å². The molecule has 0 aromatic heterocycles. The van der Waals surface area contributed by atoms with Crippen molar-refractivity contribution in [3.05, 3.63) is 12.7 Å². The molecule has 1 aliphatic carbocycles. The third-order valence-electron chi connectivity index (χ3n) is 2.82. The molecular formula is C12H22N4O. The highest BCUT2D eigenvalue weighted by Crippen LogP contribution is 2.25. The SMILES string of the molecule is C=CCNC(N)=NCCCNC(=O)C1CCC1. The highest BCUT2D eigenvalue weighted by molar-refractivity contribution is 5.79. The van der Waals surface area contributed by atoms with Crippen molar-refractivity contribution in [1.29, 1.82) is 0 Å². The van der Waals surface area contributed by atoms with Gasteiger partial charge in [-0.25, -0.2) is 0 Å². The Hall–Kier alpha value is -1.52. The molecule has 0 aliphatic heterocycles. The molecule has 0 bridgehead atoms. The number of amides is 1. The highest BCUT2D eigenvalue weighted by atomic mass is 16.1. The first-order valence-corrected chi connectivity index (χ1v) is 6.16. The fourth-order valence-corrected chi connectivity index (χ4v) is 1.54. The van der Waals surface area contributed by atoms with Crippen molar-refractivity contribution in [3.8, 4) is 0 Å². The van der Waals surface area contributed by atoms with Crippen molar-refractivity contribution in [2.75, 3.05) is 19.6 Å². The van der Waals surface area contributed by atoms with Gasteiger partial charge in [0.2, 0.25) is 5.91 Å². The fourth-order valence-electron chi connectivity index (χ4n) is 1.54. The van der Waals surface area contributed by atoms with E-state index in [0.717, 1.165) is 19.3 Å². The number of nitrogens with zero attached hydrogens (tertiary/aromatic N) is 1. The number of nitrogens with one attached hydrogen (secondary N) is 2. The van der Waals surface area contributed by atoms with Crippen LogP contribution in [0.1, 0.15) is 25.7 Å². The topological polar surface area (TPSA) is 79.5 Å². The van der Waals surface area contributed by atoms with Crippen LogP contribution in [0.4, 0.5) is 0 Å². The first-order valence-electron chi connectivity index (χ1n) is 6.16. The molecule has 0 saturated heterocycles. The van der Waals surface area contributed by atoms with Crippen molar-refractivity contribution in [2.24, 2.45) is 16.6 Å². The summed E-state index contributed by atoms with van der Waals surface area (Å²) in [7, 11) is 0. The van der Waals surface area contributed by atoms with Crippen LogP contribution < -0.4 is 16.4 Å². The lowest BCUT2D eigenvalue weighted by molar-refractivity contribution is -0.127. The molecule has 0 heterocycles. The predicted molar refractivity (Wildman–Crippen MR) is 69.7 cm³/mol. The van der Waals surface area contributed by atoms with Crippen molar-refractivity contribution in [2.45, 2.75) is 25.7 Å². The quantitative estimate of drug-likeness (QED) is 0.260. The molecule has 5 heteroatoms. The Balaban J connectivity index is 1.99. The van der Waals surface area contributed by atoms with Gasteiger partial charge in [0.1, 0.15) is 0 Å². The molecule has 4 N–H and O–H groups in total. The summed E-state index contributed by atoms with van der Waals surface area (Å²) in [6, 6.07) is 0. The number of nitrogens with two attached hydrogens (primary N) is 1. The van der Waals surface area contributed by atoms with E-state index in [1.165, 1.54) is 6.42 Å². The molecule has 0 spiro atoms. The second kappa shape index (κ2) is 7.70. The van der Waals surface area contributed by atoms with Crippen LogP contribution in [0.2, 0.25) is 0 Å². The molecule has 1 aliphatic rings. The average Bonchev–Trinajstić information content (AvgIpc) is 2.23. The summed E-state index contributed by atoms with van der Waals surface area (Å²) in [5.41, 5.74) is 5.58. The molecule has 1 rings (SSSR count). The molecule has 1 amide bonds. The van der Waals surface area contributed by atoms with Gasteiger partial charge in [-0.3, -0.25) is 9.79 Å². The van der Waals surface area contributed by atoms with Crippen LogP contribution in [0.3, 0.4) is 0 Å². The molecule has 5 nitrogen and oxygen atoms in total. The Morgan fingerprint density at radius 3 is 2.82 bits per heavy atom. The molecular weight excluding hydrogens is 216 g/mol. The first-order chi connectivity index (χ1) is 8.24. The van der Waals surface area contributed by atoms with E-state index in [2.05, 4.69) is 22.2 Å². The van der Waals surface area contributed by atoms with Crippen LogP contribution in [-0.4, -0.2) is 31.5 Å². The number of carbonyl (C=O) groups is 1. The number of hydrogen-bond acceptors (Lipinski definition) is 2. The van der Waals surface area contributed by atoms with E-state index in [1.54, 1.807) is 6.08 Å². The largest absolute Gasteiger partial charge is 0.370 e. The Morgan fingerprint density at radius 1 is 1.47 bits per heavy atom. The van der Waals surface area contributed by atoms with Crippen LogP contribution in [0, 0.1) is 5.92 Å². The smallest absolute Gasteiger partial charge is 0.223 e. The van der Waals surface area contributed by atoms with E-state index in [0.29, 0.717) is 25.6 Å². The van der Waals surface area contributed by atoms with E-state index in [1.807, 2.05) is 0 Å². The van der Waals surface area contributed by atoms with E-state index in [4.69, 9.17) is 5.73 Å². The standard InChI is InChI=1S/C12H22N4O/c1-2-7-15-12(13)16-9-4-8-14-11(17)10-5-3-6-10/h2,10H,1,3-9H2,(H,14,17)(H3,13,15,16). The van der Waals surface area contributed by atoms with Gasteiger partial charge in [-0.2, -0.15) is 0 Å². The molecule has 1 saturated carbocycles. The van der Waals surface area contributed by atoms with E-state index >= 15 is 0 Å². The Labute approximate surface area is 103 Å². The summed E-state index contributed by atoms with van der Waals surface area (Å²) in [6.45, 7) is 5.49. The summed E-state index contributed by atoms with van der Waals surface area (Å²) in [5.74, 6) is 0.881. The molecule has 0 radical (unpaired) electrons. The third-order valence-corrected chi connectivity index (χ3v) is 2.82. The van der Waals surface area contributed by atoms with E-state index < -0.39 is 0 Å². The normalized spacial score (nSPS) is 16.1. The molecule has 96 valence electrons. The summed E-state index contributed by atoms with van der Waals surface area (Å²) in [6.07, 6.45) is 5.81. The number of aliphatic imine (C=N–C) groups is 1. The summed E-state index contributed by atoms with van der Waals surface area (Å²) < 4.78 is 0. The van der Waals surface area contributed by atoms with Crippen LogP contribution in [0.5, 0.6) is 0 Å². The van der Waals surface area contributed by atoms with E-state index in [-0.39, 0.29) is 11.8 Å². The van der Waals surface area contributed by atoms with Crippen LogP contribution in [0.15, 0.2) is 17.6 Å². The lowest BCUT2D eigenvalue weighted by Gasteiger charge is -2.23. The number of carbonyl (C=O) groups excluding carboxylic acids is 1. The second-order valence-electron chi connectivity index (χ2n) is 4.21. The van der Waals surface area contributed by atoms with Gasteiger partial charge in [0.15, 0.2) is 5.96 Å². The Kier molecular flexibility index (Phi) is 6.14.